The van der Waals surface area contributed by atoms with Gasteiger partial charge < -0.3 is 9.47 Å². The third-order valence-electron chi connectivity index (χ3n) is 8.97. The topological polar surface area (TPSA) is 21.7 Å². The lowest BCUT2D eigenvalue weighted by atomic mass is 10.1. The van der Waals surface area contributed by atoms with Crippen molar-refractivity contribution in [3.63, 3.8) is 0 Å². The zero-order valence-electron chi connectivity index (χ0n) is 29.1. The molecule has 0 N–H and O–H groups in total. The van der Waals surface area contributed by atoms with Gasteiger partial charge in [0.15, 0.2) is 0 Å². The number of hydrogen-bond acceptors (Lipinski definition) is 3. The SMILES string of the molecule is c1ccc(CCCCCCOCCCCCCN(CCCCCCOCCCCCCc2ccccc2)Cc2ccccc2)cc1. The first-order valence-electron chi connectivity index (χ1n) is 18.9. The molecule has 0 aliphatic heterocycles. The van der Waals surface area contributed by atoms with E-state index in [2.05, 4.69) is 95.9 Å². The third-order valence-corrected chi connectivity index (χ3v) is 8.97. The smallest absolute Gasteiger partial charge is 0.0466 e. The van der Waals surface area contributed by atoms with Gasteiger partial charge in [-0.05, 0) is 94.0 Å². The van der Waals surface area contributed by atoms with Crippen LogP contribution in [-0.4, -0.2) is 44.4 Å². The Morgan fingerprint density at radius 3 is 1.04 bits per heavy atom. The van der Waals surface area contributed by atoms with Crippen molar-refractivity contribution in [2.75, 3.05) is 39.5 Å². The van der Waals surface area contributed by atoms with E-state index >= 15 is 0 Å². The van der Waals surface area contributed by atoms with Gasteiger partial charge in [-0.1, -0.05) is 142 Å². The molecule has 0 saturated heterocycles. The third kappa shape index (κ3) is 20.6. The maximum Gasteiger partial charge on any atom is 0.0466 e. The molecule has 3 heteroatoms. The van der Waals surface area contributed by atoms with E-state index in [1.54, 1.807) is 0 Å². The largest absolute Gasteiger partial charge is 0.381 e. The molecule has 0 bridgehead atoms. The molecule has 3 aromatic rings. The number of rotatable bonds is 30. The predicted molar refractivity (Wildman–Crippen MR) is 198 cm³/mol. The van der Waals surface area contributed by atoms with Crippen LogP contribution in [0, 0.1) is 0 Å². The first-order valence-corrected chi connectivity index (χ1v) is 18.9. The fourth-order valence-electron chi connectivity index (χ4n) is 6.16. The van der Waals surface area contributed by atoms with Gasteiger partial charge in [0.25, 0.3) is 0 Å². The maximum absolute atomic E-state index is 5.93. The van der Waals surface area contributed by atoms with E-state index in [4.69, 9.17) is 9.47 Å². The quantitative estimate of drug-likeness (QED) is 0.0686. The Balaban J connectivity index is 1.11. The molecule has 46 heavy (non-hydrogen) atoms. The highest BCUT2D eigenvalue weighted by Crippen LogP contribution is 2.12. The second kappa shape index (κ2) is 27.6. The highest BCUT2D eigenvalue weighted by Gasteiger charge is 2.06. The Kier molecular flexibility index (Phi) is 22.8. The molecule has 254 valence electrons. The van der Waals surface area contributed by atoms with Gasteiger partial charge in [0, 0.05) is 33.0 Å². The fourth-order valence-corrected chi connectivity index (χ4v) is 6.16. The van der Waals surface area contributed by atoms with Gasteiger partial charge in [-0.2, -0.15) is 0 Å². The Hall–Kier alpha value is -2.46. The molecule has 3 rings (SSSR count). The summed E-state index contributed by atoms with van der Waals surface area (Å²) in [6.07, 6.45) is 22.7. The minimum absolute atomic E-state index is 0.927. The summed E-state index contributed by atoms with van der Waals surface area (Å²) in [6.45, 7) is 7.19. The molecule has 0 aromatic heterocycles. The van der Waals surface area contributed by atoms with E-state index in [-0.39, 0.29) is 0 Å². The number of aryl methyl sites for hydroxylation is 2. The van der Waals surface area contributed by atoms with Gasteiger partial charge in [-0.25, -0.2) is 0 Å². The minimum atomic E-state index is 0.927. The second-order valence-electron chi connectivity index (χ2n) is 13.1. The van der Waals surface area contributed by atoms with E-state index in [9.17, 15) is 0 Å². The Bertz CT molecular complexity index is 977. The van der Waals surface area contributed by atoms with Gasteiger partial charge >= 0.3 is 0 Å². The number of hydrogen-bond donors (Lipinski definition) is 0. The number of ether oxygens (including phenoxy) is 2. The normalized spacial score (nSPS) is 11.4. The lowest BCUT2D eigenvalue weighted by molar-refractivity contribution is 0.125. The van der Waals surface area contributed by atoms with Crippen molar-refractivity contribution >= 4 is 0 Å². The summed E-state index contributed by atoms with van der Waals surface area (Å²) < 4.78 is 11.9. The summed E-state index contributed by atoms with van der Waals surface area (Å²) in [5.74, 6) is 0. The molecule has 0 saturated carbocycles. The average Bonchev–Trinajstić information content (AvgIpc) is 3.10. The molecule has 0 aliphatic carbocycles. The van der Waals surface area contributed by atoms with Gasteiger partial charge in [-0.15, -0.1) is 0 Å². The van der Waals surface area contributed by atoms with Crippen LogP contribution in [0.4, 0.5) is 0 Å². The van der Waals surface area contributed by atoms with Crippen LogP contribution in [0.1, 0.15) is 119 Å². The molecule has 0 aliphatic rings. The summed E-state index contributed by atoms with van der Waals surface area (Å²) in [7, 11) is 0. The highest BCUT2D eigenvalue weighted by atomic mass is 16.5. The maximum atomic E-state index is 5.93. The molecule has 0 fully saturated rings. The number of benzene rings is 3. The molecule has 0 heterocycles. The molecule has 0 unspecified atom stereocenters. The standard InChI is InChI=1S/C43H65NO2/c1(12-26-41-28-14-9-15-29-41)5-22-36-45-38-24-7-3-20-34-44(40-43-32-18-11-19-33-43)35-21-4-8-25-39-46-37-23-6-2-13-27-42-30-16-10-17-31-42/h9-11,14-19,28-33H,1-8,12-13,20-27,34-40H2. The van der Waals surface area contributed by atoms with E-state index in [0.717, 1.165) is 33.0 Å². The molecule has 0 spiro atoms. The Labute approximate surface area is 283 Å². The predicted octanol–water partition coefficient (Wildman–Crippen LogP) is 11.2. The van der Waals surface area contributed by atoms with Crippen LogP contribution >= 0.6 is 0 Å². The van der Waals surface area contributed by atoms with Gasteiger partial charge in [-0.3, -0.25) is 4.90 Å². The summed E-state index contributed by atoms with van der Waals surface area (Å²) in [6, 6.07) is 32.7. The van der Waals surface area contributed by atoms with Crippen molar-refractivity contribution in [3.8, 4) is 0 Å². The lowest BCUT2D eigenvalue weighted by Gasteiger charge is -2.22. The van der Waals surface area contributed by atoms with Crippen LogP contribution in [0.5, 0.6) is 0 Å². The number of unbranched alkanes of at least 4 members (excludes halogenated alkanes) is 12. The van der Waals surface area contributed by atoms with Crippen molar-refractivity contribution in [3.05, 3.63) is 108 Å². The van der Waals surface area contributed by atoms with Crippen LogP contribution in [0.15, 0.2) is 91.0 Å². The summed E-state index contributed by atoms with van der Waals surface area (Å²) in [4.78, 5) is 2.68. The molecule has 0 atom stereocenters. The molecule has 0 radical (unpaired) electrons. The van der Waals surface area contributed by atoms with Crippen LogP contribution in [0.2, 0.25) is 0 Å². The highest BCUT2D eigenvalue weighted by molar-refractivity contribution is 5.16. The number of nitrogens with zero attached hydrogens (tertiary/aromatic N) is 1. The van der Waals surface area contributed by atoms with Crippen LogP contribution in [0.25, 0.3) is 0 Å². The molecular weight excluding hydrogens is 562 g/mol. The van der Waals surface area contributed by atoms with Gasteiger partial charge in [0.1, 0.15) is 0 Å². The first-order chi connectivity index (χ1) is 22.9. The molecular formula is C43H65NO2. The van der Waals surface area contributed by atoms with E-state index in [1.165, 1.54) is 145 Å². The minimum Gasteiger partial charge on any atom is -0.381 e. The van der Waals surface area contributed by atoms with Crippen LogP contribution < -0.4 is 0 Å². The van der Waals surface area contributed by atoms with Crippen molar-refractivity contribution < 1.29 is 9.47 Å². The summed E-state index contributed by atoms with van der Waals surface area (Å²) in [5, 5.41) is 0. The fraction of sp³-hybridized carbons (Fsp3) is 0.581. The average molecular weight is 628 g/mol. The van der Waals surface area contributed by atoms with Crippen LogP contribution in [-0.2, 0) is 28.9 Å². The zero-order valence-corrected chi connectivity index (χ0v) is 29.1. The van der Waals surface area contributed by atoms with Crippen molar-refractivity contribution in [1.82, 2.24) is 4.90 Å². The van der Waals surface area contributed by atoms with E-state index < -0.39 is 0 Å². The van der Waals surface area contributed by atoms with E-state index in [1.807, 2.05) is 0 Å². The van der Waals surface area contributed by atoms with Crippen molar-refractivity contribution in [2.24, 2.45) is 0 Å². The Morgan fingerprint density at radius 1 is 0.326 bits per heavy atom. The molecule has 3 nitrogen and oxygen atoms in total. The molecule has 0 amide bonds. The Morgan fingerprint density at radius 2 is 0.652 bits per heavy atom. The van der Waals surface area contributed by atoms with E-state index in [0.29, 0.717) is 0 Å². The molecule has 3 aromatic carbocycles. The lowest BCUT2D eigenvalue weighted by Crippen LogP contribution is -2.25. The monoisotopic (exact) mass is 628 g/mol. The zero-order chi connectivity index (χ0) is 32.0. The van der Waals surface area contributed by atoms with Gasteiger partial charge in [0.2, 0.25) is 0 Å². The van der Waals surface area contributed by atoms with Crippen LogP contribution in [0.3, 0.4) is 0 Å². The second-order valence-corrected chi connectivity index (χ2v) is 13.1. The first kappa shape index (κ1) is 38.0. The van der Waals surface area contributed by atoms with Crippen molar-refractivity contribution in [1.29, 1.82) is 0 Å². The van der Waals surface area contributed by atoms with Gasteiger partial charge in [0.05, 0.1) is 0 Å². The summed E-state index contributed by atoms with van der Waals surface area (Å²) >= 11 is 0. The summed E-state index contributed by atoms with van der Waals surface area (Å²) in [5.41, 5.74) is 4.36. The van der Waals surface area contributed by atoms with Crippen molar-refractivity contribution in [2.45, 2.75) is 122 Å².